The summed E-state index contributed by atoms with van der Waals surface area (Å²) in [6.45, 7) is 5.68. The largest absolute Gasteiger partial charge is 0.350 e. The van der Waals surface area contributed by atoms with Crippen LogP contribution in [-0.4, -0.2) is 34.7 Å². The smallest absolute Gasteiger partial charge is 0.251 e. The molecule has 1 aromatic carbocycles. The summed E-state index contributed by atoms with van der Waals surface area (Å²) in [5.74, 6) is -0.303. The van der Waals surface area contributed by atoms with Gasteiger partial charge in [0.2, 0.25) is 5.91 Å². The minimum Gasteiger partial charge on any atom is -0.350 e. The van der Waals surface area contributed by atoms with Crippen molar-refractivity contribution in [2.24, 2.45) is 7.05 Å². The lowest BCUT2D eigenvalue weighted by atomic mass is 10.1. The summed E-state index contributed by atoms with van der Waals surface area (Å²) in [5.41, 5.74) is 2.84. The molecule has 0 radical (unpaired) electrons. The van der Waals surface area contributed by atoms with Crippen LogP contribution < -0.4 is 16.0 Å². The van der Waals surface area contributed by atoms with E-state index in [0.29, 0.717) is 11.3 Å². The molecule has 26 heavy (non-hydrogen) atoms. The maximum absolute atomic E-state index is 12.5. The zero-order valence-electron chi connectivity index (χ0n) is 15.7. The van der Waals surface area contributed by atoms with Gasteiger partial charge in [0, 0.05) is 36.1 Å². The maximum Gasteiger partial charge on any atom is 0.251 e. The minimum atomic E-state index is -0.502. The molecule has 0 spiro atoms. The van der Waals surface area contributed by atoms with Crippen molar-refractivity contribution in [1.29, 1.82) is 0 Å². The van der Waals surface area contributed by atoms with Crippen LogP contribution in [0.4, 0.5) is 5.69 Å². The van der Waals surface area contributed by atoms with Crippen LogP contribution in [0.2, 0.25) is 0 Å². The summed E-state index contributed by atoms with van der Waals surface area (Å²) < 4.78 is 1.65. The Morgan fingerprint density at radius 1 is 1.23 bits per heavy atom. The third-order valence-corrected chi connectivity index (χ3v) is 3.77. The maximum atomic E-state index is 12.5. The highest BCUT2D eigenvalue weighted by atomic mass is 35.5. The van der Waals surface area contributed by atoms with Crippen molar-refractivity contribution in [3.63, 3.8) is 0 Å². The highest BCUT2D eigenvalue weighted by Crippen LogP contribution is 2.18. The molecule has 0 fully saturated rings. The fourth-order valence-corrected chi connectivity index (χ4v) is 2.59. The molecule has 142 valence electrons. The number of rotatable bonds is 6. The second-order valence-corrected chi connectivity index (χ2v) is 6.32. The summed E-state index contributed by atoms with van der Waals surface area (Å²) in [5, 5.41) is 12.8. The number of aryl methyl sites for hydroxylation is 2. The fraction of sp³-hybridized carbons (Fsp3) is 0.389. The number of anilines is 1. The molecule has 8 heteroatoms. The number of hydrogen-bond acceptors (Lipinski definition) is 4. The van der Waals surface area contributed by atoms with Gasteiger partial charge in [-0.15, -0.1) is 12.4 Å². The first-order valence-corrected chi connectivity index (χ1v) is 8.20. The Kier molecular flexibility index (Phi) is 7.79. The van der Waals surface area contributed by atoms with Gasteiger partial charge in [-0.05, 0) is 51.6 Å². The minimum absolute atomic E-state index is 0. The predicted octanol–water partition coefficient (Wildman–Crippen LogP) is 2.19. The van der Waals surface area contributed by atoms with E-state index in [1.165, 1.54) is 0 Å². The van der Waals surface area contributed by atoms with Crippen LogP contribution in [0.3, 0.4) is 0 Å². The molecule has 1 heterocycles. The quantitative estimate of drug-likeness (QED) is 0.717. The van der Waals surface area contributed by atoms with Crippen LogP contribution in [0, 0.1) is 6.92 Å². The highest BCUT2D eigenvalue weighted by Gasteiger charge is 2.20. The molecule has 7 nitrogen and oxygen atoms in total. The van der Waals surface area contributed by atoms with E-state index in [9.17, 15) is 9.59 Å². The van der Waals surface area contributed by atoms with Gasteiger partial charge in [0.1, 0.15) is 6.04 Å². The van der Waals surface area contributed by atoms with Gasteiger partial charge in [-0.2, -0.15) is 5.10 Å². The number of carbonyl (C=O) groups excluding carboxylic acids is 2. The Balaban J connectivity index is 0.00000338. The monoisotopic (exact) mass is 379 g/mol. The molecule has 2 aromatic rings. The SMILES string of the molecule is CNC(C(=O)Nc1ccc(C(=O)NC(C)C)c(C)c1)c1cnn(C)c1.Cl. The number of nitrogens with zero attached hydrogens (tertiary/aromatic N) is 2. The van der Waals surface area contributed by atoms with Crippen LogP contribution >= 0.6 is 12.4 Å². The van der Waals surface area contributed by atoms with E-state index in [1.807, 2.05) is 20.8 Å². The zero-order chi connectivity index (χ0) is 18.6. The number of hydrogen-bond donors (Lipinski definition) is 3. The van der Waals surface area contributed by atoms with Gasteiger partial charge in [-0.3, -0.25) is 14.3 Å². The van der Waals surface area contributed by atoms with Gasteiger partial charge < -0.3 is 16.0 Å². The fourth-order valence-electron chi connectivity index (χ4n) is 2.59. The Morgan fingerprint density at radius 3 is 2.42 bits per heavy atom. The summed E-state index contributed by atoms with van der Waals surface area (Å²) >= 11 is 0. The molecule has 0 aliphatic carbocycles. The molecule has 2 amide bonds. The molecule has 1 atom stereocenters. The van der Waals surface area contributed by atoms with Crippen molar-refractivity contribution < 1.29 is 9.59 Å². The number of aromatic nitrogens is 2. The zero-order valence-corrected chi connectivity index (χ0v) is 16.5. The van der Waals surface area contributed by atoms with Crippen molar-refractivity contribution in [3.8, 4) is 0 Å². The molecule has 1 aromatic heterocycles. The first-order valence-electron chi connectivity index (χ1n) is 8.20. The van der Waals surface area contributed by atoms with E-state index >= 15 is 0 Å². The number of likely N-dealkylation sites (N-methyl/N-ethyl adjacent to an activating group) is 1. The third-order valence-electron chi connectivity index (χ3n) is 3.77. The van der Waals surface area contributed by atoms with Gasteiger partial charge >= 0.3 is 0 Å². The van der Waals surface area contributed by atoms with Crippen LogP contribution in [0.5, 0.6) is 0 Å². The second kappa shape index (κ2) is 9.35. The summed E-state index contributed by atoms with van der Waals surface area (Å²) in [6.07, 6.45) is 3.46. The Bertz CT molecular complexity index is 773. The lowest BCUT2D eigenvalue weighted by Gasteiger charge is -2.16. The van der Waals surface area contributed by atoms with Gasteiger partial charge in [0.15, 0.2) is 0 Å². The van der Waals surface area contributed by atoms with E-state index in [4.69, 9.17) is 0 Å². The summed E-state index contributed by atoms with van der Waals surface area (Å²) in [4.78, 5) is 24.7. The molecular weight excluding hydrogens is 354 g/mol. The normalized spacial score (nSPS) is 11.6. The molecule has 0 aliphatic rings. The number of benzene rings is 1. The Hall–Kier alpha value is -2.38. The number of carbonyl (C=O) groups is 2. The molecule has 1 unspecified atom stereocenters. The van der Waals surface area contributed by atoms with E-state index in [2.05, 4.69) is 21.0 Å². The first kappa shape index (κ1) is 21.7. The molecule has 2 rings (SSSR count). The van der Waals surface area contributed by atoms with Crippen LogP contribution in [-0.2, 0) is 11.8 Å². The van der Waals surface area contributed by atoms with E-state index in [-0.39, 0.29) is 30.3 Å². The van der Waals surface area contributed by atoms with Crippen molar-refractivity contribution in [2.75, 3.05) is 12.4 Å². The Morgan fingerprint density at radius 2 is 1.92 bits per heavy atom. The molecular formula is C18H26ClN5O2. The van der Waals surface area contributed by atoms with E-state index in [1.54, 1.807) is 49.4 Å². The third kappa shape index (κ3) is 5.31. The predicted molar refractivity (Wildman–Crippen MR) is 105 cm³/mol. The molecule has 0 saturated heterocycles. The lowest BCUT2D eigenvalue weighted by Crippen LogP contribution is -2.31. The standard InChI is InChI=1S/C18H25N5O2.ClH/c1-11(2)21-17(24)15-7-6-14(8-12(15)3)22-18(25)16(19-4)13-9-20-23(5)10-13;/h6-11,16,19H,1-5H3,(H,21,24)(H,22,25);1H. The van der Waals surface area contributed by atoms with Crippen molar-refractivity contribution >= 4 is 29.9 Å². The highest BCUT2D eigenvalue weighted by molar-refractivity contribution is 5.98. The topological polar surface area (TPSA) is 88.1 Å². The average molecular weight is 380 g/mol. The second-order valence-electron chi connectivity index (χ2n) is 6.32. The molecule has 3 N–H and O–H groups in total. The van der Waals surface area contributed by atoms with Gasteiger partial charge in [-0.25, -0.2) is 0 Å². The van der Waals surface area contributed by atoms with Gasteiger partial charge in [0.05, 0.1) is 6.20 Å². The first-order chi connectivity index (χ1) is 11.8. The average Bonchev–Trinajstić information content (AvgIpc) is 2.93. The number of halogens is 1. The van der Waals surface area contributed by atoms with Crippen molar-refractivity contribution in [1.82, 2.24) is 20.4 Å². The van der Waals surface area contributed by atoms with Crippen LogP contribution in [0.1, 0.15) is 41.4 Å². The Labute approximate surface area is 160 Å². The van der Waals surface area contributed by atoms with Gasteiger partial charge in [-0.1, -0.05) is 0 Å². The number of nitrogens with one attached hydrogen (secondary N) is 3. The van der Waals surface area contributed by atoms with Crippen LogP contribution in [0.25, 0.3) is 0 Å². The number of amides is 2. The van der Waals surface area contributed by atoms with Crippen molar-refractivity contribution in [2.45, 2.75) is 32.9 Å². The molecule has 0 saturated carbocycles. The van der Waals surface area contributed by atoms with E-state index in [0.717, 1.165) is 11.1 Å². The molecule has 0 aliphatic heterocycles. The summed E-state index contributed by atoms with van der Waals surface area (Å²) in [7, 11) is 3.53. The lowest BCUT2D eigenvalue weighted by molar-refractivity contribution is -0.118. The van der Waals surface area contributed by atoms with Crippen LogP contribution in [0.15, 0.2) is 30.6 Å². The van der Waals surface area contributed by atoms with Crippen molar-refractivity contribution in [3.05, 3.63) is 47.3 Å². The van der Waals surface area contributed by atoms with E-state index < -0.39 is 6.04 Å². The summed E-state index contributed by atoms with van der Waals surface area (Å²) in [6, 6.07) is 4.82. The van der Waals surface area contributed by atoms with Gasteiger partial charge in [0.25, 0.3) is 5.91 Å². The molecule has 0 bridgehead atoms.